The molecule has 0 unspecified atom stereocenters. The van der Waals surface area contributed by atoms with E-state index in [0.717, 1.165) is 44.6 Å². The van der Waals surface area contributed by atoms with Crippen molar-refractivity contribution in [1.82, 2.24) is 29.9 Å². The Labute approximate surface area is 269 Å². The zero-order valence-electron chi connectivity index (χ0n) is 24.1. The SMILES string of the molecule is CCOC(=O)c1ccc2[nH]c(-c3ccnc(NC)n3)cc2c1.CNc1nccc(-c2cc3cc([C-]=O)ccc3[nH]2)n1.[Na+].[OH-]. The molecule has 0 saturated carbocycles. The van der Waals surface area contributed by atoms with Gasteiger partial charge in [0, 0.05) is 42.9 Å². The molecule has 0 aliphatic rings. The van der Waals surface area contributed by atoms with Crippen molar-refractivity contribution in [3.63, 3.8) is 0 Å². The minimum Gasteiger partial charge on any atom is -0.870 e. The first-order chi connectivity index (χ1) is 20.0. The van der Waals surface area contributed by atoms with Crippen LogP contribution < -0.4 is 40.2 Å². The van der Waals surface area contributed by atoms with Gasteiger partial charge in [-0.05, 0) is 49.4 Å². The number of carbonyl (C=O) groups is 1. The molecular formula is C30H28N8NaO4-. The average molecular weight is 588 g/mol. The maximum absolute atomic E-state index is 11.8. The van der Waals surface area contributed by atoms with Crippen LogP contribution in [0.1, 0.15) is 22.8 Å². The van der Waals surface area contributed by atoms with E-state index >= 15 is 0 Å². The second kappa shape index (κ2) is 15.0. The maximum atomic E-state index is 11.8. The van der Waals surface area contributed by atoms with Crippen molar-refractivity contribution in [2.75, 3.05) is 31.3 Å². The fourth-order valence-corrected chi connectivity index (χ4v) is 4.20. The Morgan fingerprint density at radius 2 is 1.35 bits per heavy atom. The van der Waals surface area contributed by atoms with Crippen molar-refractivity contribution in [2.45, 2.75) is 6.92 Å². The second-order valence-corrected chi connectivity index (χ2v) is 8.82. The molecule has 4 heterocycles. The summed E-state index contributed by atoms with van der Waals surface area (Å²) in [5, 5.41) is 7.71. The van der Waals surface area contributed by atoms with Gasteiger partial charge in [0.05, 0.1) is 41.2 Å². The number of hydrogen-bond acceptors (Lipinski definition) is 10. The van der Waals surface area contributed by atoms with Gasteiger partial charge in [-0.3, -0.25) is 0 Å². The molecule has 0 aliphatic heterocycles. The molecule has 6 rings (SSSR count). The molecule has 6 aromatic rings. The number of anilines is 2. The Morgan fingerprint density at radius 1 is 0.814 bits per heavy atom. The zero-order chi connectivity index (χ0) is 28.8. The van der Waals surface area contributed by atoms with E-state index in [4.69, 9.17) is 4.74 Å². The van der Waals surface area contributed by atoms with E-state index in [-0.39, 0.29) is 41.0 Å². The number of H-pyrrole nitrogens is 2. The molecule has 5 N–H and O–H groups in total. The van der Waals surface area contributed by atoms with E-state index in [2.05, 4.69) is 40.5 Å². The van der Waals surface area contributed by atoms with Crippen LogP contribution in [0.15, 0.2) is 73.1 Å². The summed E-state index contributed by atoms with van der Waals surface area (Å²) < 4.78 is 5.02. The van der Waals surface area contributed by atoms with Gasteiger partial charge < -0.3 is 35.6 Å². The number of ether oxygens (including phenoxy) is 1. The minimum absolute atomic E-state index is 0. The summed E-state index contributed by atoms with van der Waals surface area (Å²) in [7, 11) is 3.55. The molecule has 0 amide bonds. The van der Waals surface area contributed by atoms with Gasteiger partial charge in [0.2, 0.25) is 11.9 Å². The van der Waals surface area contributed by atoms with Gasteiger partial charge in [0.1, 0.15) is 0 Å². The molecule has 12 nitrogen and oxygen atoms in total. The van der Waals surface area contributed by atoms with Crippen LogP contribution in [0.3, 0.4) is 0 Å². The molecule has 0 bridgehead atoms. The molecule has 0 spiro atoms. The van der Waals surface area contributed by atoms with Gasteiger partial charge >= 0.3 is 35.5 Å². The van der Waals surface area contributed by atoms with Gasteiger partial charge in [0.15, 0.2) is 0 Å². The van der Waals surface area contributed by atoms with Crippen LogP contribution in [0.2, 0.25) is 0 Å². The predicted octanol–water partition coefficient (Wildman–Crippen LogP) is 1.79. The third-order valence-corrected chi connectivity index (χ3v) is 6.18. The van der Waals surface area contributed by atoms with Gasteiger partial charge in [-0.25, -0.2) is 24.7 Å². The number of hydrogen-bond donors (Lipinski definition) is 4. The first-order valence-corrected chi connectivity index (χ1v) is 12.8. The molecule has 43 heavy (non-hydrogen) atoms. The van der Waals surface area contributed by atoms with Crippen LogP contribution in [0.4, 0.5) is 11.9 Å². The number of esters is 1. The number of rotatable bonds is 7. The molecule has 0 aliphatic carbocycles. The molecule has 0 fully saturated rings. The Balaban J connectivity index is 0.000000227. The Kier molecular flexibility index (Phi) is 11.5. The van der Waals surface area contributed by atoms with Gasteiger partial charge in [-0.15, -0.1) is 0 Å². The normalized spacial score (nSPS) is 10.1. The summed E-state index contributed by atoms with van der Waals surface area (Å²) >= 11 is 0. The standard InChI is InChI=1S/C16H16N4O2.C14H11N4O.Na.H2O/c1-3-22-15(21)10-4-5-12-11(8-10)9-14(19-12)13-6-7-18-16(17-2)20-13;1-15-14-16-5-4-12(18-14)13-7-10-6-9(8-19)2-3-11(10)17-13;;/h4-9,19H,3H2,1-2H3,(H,17,18,20);2-7,17H,1H3,(H,15,16,18);;1H2/q;-1;+1;/p-1. The number of fused-ring (bicyclic) bond motifs is 2. The molecular weight excluding hydrogens is 559 g/mol. The largest absolute Gasteiger partial charge is 1.00 e. The molecule has 0 atom stereocenters. The summed E-state index contributed by atoms with van der Waals surface area (Å²) in [5.41, 5.74) is 6.31. The van der Waals surface area contributed by atoms with Crippen molar-refractivity contribution in [2.24, 2.45) is 0 Å². The first kappa shape index (κ1) is 32.9. The molecule has 0 radical (unpaired) electrons. The fraction of sp³-hybridized carbons (Fsp3) is 0.133. The van der Waals surface area contributed by atoms with Crippen molar-refractivity contribution in [3.8, 4) is 22.8 Å². The Hall–Kier alpha value is -4.62. The summed E-state index contributed by atoms with van der Waals surface area (Å²) in [4.78, 5) is 45.9. The Morgan fingerprint density at radius 3 is 1.86 bits per heavy atom. The number of aromatic nitrogens is 6. The van der Waals surface area contributed by atoms with Crippen LogP contribution in [0.5, 0.6) is 0 Å². The van der Waals surface area contributed by atoms with E-state index in [1.54, 1.807) is 51.6 Å². The van der Waals surface area contributed by atoms with Crippen molar-refractivity contribution >= 4 is 46.0 Å². The average Bonchev–Trinajstić information content (AvgIpc) is 3.65. The van der Waals surface area contributed by atoms with E-state index in [1.807, 2.05) is 48.8 Å². The van der Waals surface area contributed by atoms with Crippen LogP contribution in [-0.4, -0.2) is 68.3 Å². The molecule has 13 heteroatoms. The van der Waals surface area contributed by atoms with Crippen LogP contribution in [0, 0.1) is 0 Å². The summed E-state index contributed by atoms with van der Waals surface area (Å²) in [6.45, 7) is 2.16. The number of benzene rings is 2. The van der Waals surface area contributed by atoms with Gasteiger partial charge in [0.25, 0.3) is 0 Å². The summed E-state index contributed by atoms with van der Waals surface area (Å²) in [6, 6.07) is 18.4. The number of nitrogens with zero attached hydrogens (tertiary/aromatic N) is 4. The Bertz CT molecular complexity index is 1850. The van der Waals surface area contributed by atoms with E-state index in [0.29, 0.717) is 29.6 Å². The monoisotopic (exact) mass is 587 g/mol. The molecule has 0 saturated heterocycles. The molecule has 214 valence electrons. The second-order valence-electron chi connectivity index (χ2n) is 8.82. The van der Waals surface area contributed by atoms with E-state index < -0.39 is 0 Å². The fourth-order valence-electron chi connectivity index (χ4n) is 4.20. The van der Waals surface area contributed by atoms with Crippen molar-refractivity contribution in [1.29, 1.82) is 0 Å². The smallest absolute Gasteiger partial charge is 0.870 e. The number of nitrogens with one attached hydrogen (secondary N) is 4. The summed E-state index contributed by atoms with van der Waals surface area (Å²) in [5.74, 6) is 0.813. The van der Waals surface area contributed by atoms with Crippen LogP contribution >= 0.6 is 0 Å². The van der Waals surface area contributed by atoms with Crippen LogP contribution in [0.25, 0.3) is 44.6 Å². The first-order valence-electron chi connectivity index (χ1n) is 12.8. The van der Waals surface area contributed by atoms with Crippen LogP contribution in [-0.2, 0) is 9.53 Å². The molecule has 4 aromatic heterocycles. The quantitative estimate of drug-likeness (QED) is 0.122. The van der Waals surface area contributed by atoms with Gasteiger partial charge in [-0.2, -0.15) is 17.7 Å². The molecule has 2 aromatic carbocycles. The third-order valence-electron chi connectivity index (χ3n) is 6.18. The zero-order valence-corrected chi connectivity index (χ0v) is 26.1. The van der Waals surface area contributed by atoms with Crippen molar-refractivity contribution < 1.29 is 49.4 Å². The van der Waals surface area contributed by atoms with Gasteiger partial charge in [-0.1, -0.05) is 11.5 Å². The number of aromatic amines is 2. The number of carbonyl (C=O) groups excluding carboxylic acids is 2. The summed E-state index contributed by atoms with van der Waals surface area (Å²) in [6.07, 6.45) is 5.28. The predicted molar refractivity (Wildman–Crippen MR) is 160 cm³/mol. The van der Waals surface area contributed by atoms with E-state index in [9.17, 15) is 9.59 Å². The third kappa shape index (κ3) is 7.62. The minimum atomic E-state index is -0.313. The maximum Gasteiger partial charge on any atom is 1.00 e. The topological polar surface area (TPSA) is 181 Å². The van der Waals surface area contributed by atoms with E-state index in [1.165, 1.54) is 0 Å². The van der Waals surface area contributed by atoms with Crippen molar-refractivity contribution in [3.05, 3.63) is 84.2 Å².